The van der Waals surface area contributed by atoms with Gasteiger partial charge in [0.25, 0.3) is 5.89 Å². The molecule has 158 valence electrons. The monoisotopic (exact) mass is 413 g/mol. The molecule has 0 atom stereocenters. The number of fused-ring (bicyclic) bond motifs is 1. The molecule has 9 heteroatoms. The Morgan fingerprint density at radius 2 is 2.00 bits per heavy atom. The summed E-state index contributed by atoms with van der Waals surface area (Å²) in [5.41, 5.74) is 0.705. The van der Waals surface area contributed by atoms with Gasteiger partial charge in [0.1, 0.15) is 5.52 Å². The minimum Gasteiger partial charge on any atom is -0.377 e. The first-order valence-corrected chi connectivity index (χ1v) is 10.4. The van der Waals surface area contributed by atoms with E-state index in [0.717, 1.165) is 18.2 Å². The number of piperidine rings is 1. The number of rotatable bonds is 4. The first-order chi connectivity index (χ1) is 14.5. The van der Waals surface area contributed by atoms with Gasteiger partial charge >= 0.3 is 0 Å². The summed E-state index contributed by atoms with van der Waals surface area (Å²) in [6, 6.07) is 3.52. The van der Waals surface area contributed by atoms with Crippen LogP contribution in [-0.4, -0.2) is 57.0 Å². The maximum absolute atomic E-state index is 15.4. The van der Waals surface area contributed by atoms with Crippen molar-refractivity contribution in [3.8, 4) is 11.5 Å². The lowest BCUT2D eigenvalue weighted by molar-refractivity contribution is -0.135. The van der Waals surface area contributed by atoms with Crippen molar-refractivity contribution >= 4 is 16.8 Å². The average molecular weight is 413 g/mol. The summed E-state index contributed by atoms with van der Waals surface area (Å²) in [5.74, 6) is 0.597. The van der Waals surface area contributed by atoms with Crippen molar-refractivity contribution in [2.45, 2.75) is 38.6 Å². The Morgan fingerprint density at radius 1 is 1.23 bits per heavy atom. The third kappa shape index (κ3) is 3.17. The van der Waals surface area contributed by atoms with E-state index in [2.05, 4.69) is 15.2 Å². The van der Waals surface area contributed by atoms with E-state index >= 15 is 4.39 Å². The highest BCUT2D eigenvalue weighted by molar-refractivity contribution is 5.84. The molecular weight excluding hydrogens is 389 g/mol. The van der Waals surface area contributed by atoms with E-state index in [0.29, 0.717) is 37.6 Å². The second kappa shape index (κ2) is 7.46. The van der Waals surface area contributed by atoms with Crippen LogP contribution in [0.2, 0.25) is 0 Å². The van der Waals surface area contributed by atoms with Crippen molar-refractivity contribution < 1.29 is 18.4 Å². The van der Waals surface area contributed by atoms with Crippen LogP contribution in [0.4, 0.5) is 4.39 Å². The number of hydrogen-bond donors (Lipinski definition) is 0. The van der Waals surface area contributed by atoms with Gasteiger partial charge in [-0.05, 0) is 18.9 Å². The Balaban J connectivity index is 1.38. The summed E-state index contributed by atoms with van der Waals surface area (Å²) < 4.78 is 27.7. The van der Waals surface area contributed by atoms with Crippen molar-refractivity contribution in [1.29, 1.82) is 0 Å². The molecule has 0 aliphatic carbocycles. The maximum atomic E-state index is 15.4. The van der Waals surface area contributed by atoms with Crippen molar-refractivity contribution in [2.24, 2.45) is 5.92 Å². The predicted octanol–water partition coefficient (Wildman–Crippen LogP) is 3.16. The van der Waals surface area contributed by atoms with Gasteiger partial charge in [-0.15, -0.1) is 0 Å². The number of aromatic nitrogens is 4. The molecule has 0 saturated carbocycles. The summed E-state index contributed by atoms with van der Waals surface area (Å²) in [5, 5.41) is 9.17. The largest absolute Gasteiger partial charge is 0.377 e. The lowest BCUT2D eigenvalue weighted by atomic mass is 9.95. The van der Waals surface area contributed by atoms with E-state index < -0.39 is 5.82 Å². The Kier molecular flexibility index (Phi) is 4.77. The van der Waals surface area contributed by atoms with E-state index in [9.17, 15) is 4.79 Å². The van der Waals surface area contributed by atoms with Gasteiger partial charge in [0.15, 0.2) is 11.6 Å². The molecular formula is C21H24FN5O3. The Labute approximate surface area is 173 Å². The molecule has 5 rings (SSSR count). The lowest BCUT2D eigenvalue weighted by Gasteiger charge is -2.31. The predicted molar refractivity (Wildman–Crippen MR) is 106 cm³/mol. The molecule has 2 fully saturated rings. The fourth-order valence-corrected chi connectivity index (χ4v) is 4.14. The number of likely N-dealkylation sites (tertiary alicyclic amines) is 1. The van der Waals surface area contributed by atoms with Crippen LogP contribution in [-0.2, 0) is 9.53 Å². The molecule has 0 bridgehead atoms. The average Bonchev–Trinajstić information content (AvgIpc) is 3.35. The zero-order valence-corrected chi connectivity index (χ0v) is 17.0. The van der Waals surface area contributed by atoms with Crippen LogP contribution in [0.1, 0.15) is 44.5 Å². The van der Waals surface area contributed by atoms with E-state index in [4.69, 9.17) is 9.26 Å². The molecule has 0 unspecified atom stereocenters. The van der Waals surface area contributed by atoms with Gasteiger partial charge in [0.05, 0.1) is 31.0 Å². The van der Waals surface area contributed by atoms with Crippen molar-refractivity contribution in [3.63, 3.8) is 0 Å². The molecule has 2 aliphatic rings. The van der Waals surface area contributed by atoms with E-state index in [-0.39, 0.29) is 35.2 Å². The zero-order valence-electron chi connectivity index (χ0n) is 17.0. The smallest absolute Gasteiger partial charge is 0.260 e. The summed E-state index contributed by atoms with van der Waals surface area (Å²) in [7, 11) is 0. The number of carbonyl (C=O) groups is 1. The molecule has 4 heterocycles. The Bertz CT molecular complexity index is 1080. The van der Waals surface area contributed by atoms with Gasteiger partial charge in [-0.3, -0.25) is 9.48 Å². The van der Waals surface area contributed by atoms with E-state index in [1.807, 2.05) is 24.8 Å². The van der Waals surface area contributed by atoms with E-state index in [1.54, 1.807) is 16.9 Å². The standard InChI is InChI=1S/C21H24FN5O3/c1-12(2)21(28)26-7-5-13(6-8-26)19-24-20(30-25-19)16-4-3-14-9-23-27(15-10-29-11-15)18(14)17(16)22/h3-4,9,12-13,15H,5-8,10-11H2,1-2H3. The van der Waals surface area contributed by atoms with Crippen LogP contribution in [0.15, 0.2) is 22.9 Å². The van der Waals surface area contributed by atoms with Crippen LogP contribution >= 0.6 is 0 Å². The minimum atomic E-state index is -0.413. The molecule has 1 aromatic carbocycles. The van der Waals surface area contributed by atoms with Gasteiger partial charge in [0.2, 0.25) is 5.91 Å². The first kappa shape index (κ1) is 19.2. The van der Waals surface area contributed by atoms with Gasteiger partial charge in [-0.25, -0.2) is 4.39 Å². The lowest BCUT2D eigenvalue weighted by Crippen LogP contribution is -2.40. The normalized spacial score (nSPS) is 18.3. The van der Waals surface area contributed by atoms with Gasteiger partial charge in [-0.1, -0.05) is 25.1 Å². The Hall–Kier alpha value is -2.81. The molecule has 2 saturated heterocycles. The second-order valence-electron chi connectivity index (χ2n) is 8.36. The molecule has 30 heavy (non-hydrogen) atoms. The van der Waals surface area contributed by atoms with Gasteiger partial charge in [0, 0.05) is 30.3 Å². The highest BCUT2D eigenvalue weighted by Crippen LogP contribution is 2.33. The highest BCUT2D eigenvalue weighted by Gasteiger charge is 2.29. The van der Waals surface area contributed by atoms with Gasteiger partial charge in [-0.2, -0.15) is 10.1 Å². The molecule has 2 aliphatic heterocycles. The number of amides is 1. The molecule has 8 nitrogen and oxygen atoms in total. The maximum Gasteiger partial charge on any atom is 0.260 e. The number of hydrogen-bond acceptors (Lipinski definition) is 6. The summed E-state index contributed by atoms with van der Waals surface area (Å²) in [6.07, 6.45) is 3.20. The number of halogens is 1. The molecule has 0 radical (unpaired) electrons. The van der Waals surface area contributed by atoms with Crippen LogP contribution in [0.25, 0.3) is 22.4 Å². The first-order valence-electron chi connectivity index (χ1n) is 10.4. The van der Waals surface area contributed by atoms with Crippen LogP contribution in [0.5, 0.6) is 0 Å². The number of ether oxygens (including phenoxy) is 1. The third-order valence-corrected chi connectivity index (χ3v) is 6.00. The Morgan fingerprint density at radius 3 is 2.67 bits per heavy atom. The summed E-state index contributed by atoms with van der Waals surface area (Å²) in [4.78, 5) is 18.6. The third-order valence-electron chi connectivity index (χ3n) is 6.00. The van der Waals surface area contributed by atoms with Gasteiger partial charge < -0.3 is 14.2 Å². The molecule has 1 amide bonds. The van der Waals surface area contributed by atoms with Crippen LogP contribution in [0.3, 0.4) is 0 Å². The fourth-order valence-electron chi connectivity index (χ4n) is 4.14. The fraction of sp³-hybridized carbons (Fsp3) is 0.524. The van der Waals surface area contributed by atoms with Crippen molar-refractivity contribution in [1.82, 2.24) is 24.8 Å². The number of nitrogens with zero attached hydrogens (tertiary/aromatic N) is 5. The molecule has 3 aromatic rings. The topological polar surface area (TPSA) is 86.3 Å². The van der Waals surface area contributed by atoms with Crippen LogP contribution < -0.4 is 0 Å². The molecule has 0 N–H and O–H groups in total. The zero-order chi connectivity index (χ0) is 20.8. The SMILES string of the molecule is CC(C)C(=O)N1CCC(c2noc(-c3ccc4cnn(C5COC5)c4c3F)n2)CC1. The summed E-state index contributed by atoms with van der Waals surface area (Å²) in [6.45, 7) is 6.24. The number of benzene rings is 1. The van der Waals surface area contributed by atoms with Crippen molar-refractivity contribution in [3.05, 3.63) is 30.0 Å². The second-order valence-corrected chi connectivity index (χ2v) is 8.36. The molecule has 2 aromatic heterocycles. The van der Waals surface area contributed by atoms with Crippen LogP contribution in [0, 0.1) is 11.7 Å². The van der Waals surface area contributed by atoms with E-state index in [1.165, 1.54) is 0 Å². The summed E-state index contributed by atoms with van der Waals surface area (Å²) >= 11 is 0. The number of carbonyl (C=O) groups excluding carboxylic acids is 1. The highest BCUT2D eigenvalue weighted by atomic mass is 19.1. The van der Waals surface area contributed by atoms with Crippen molar-refractivity contribution in [2.75, 3.05) is 26.3 Å². The molecule has 0 spiro atoms. The minimum absolute atomic E-state index is 0.00356. The quantitative estimate of drug-likeness (QED) is 0.653.